The minimum atomic E-state index is -0.221. The Morgan fingerprint density at radius 1 is 1.38 bits per heavy atom. The standard InChI is InChI=1S/C15H19FN4S/c1-17-15(21)20(9-2-8-19-10-7-18-12-19)11-13-3-5-14(16)6-4-13/h3-7,10,12H,2,8-9,11H2,1H3,(H,17,21). The number of aryl methyl sites for hydroxylation is 1. The highest BCUT2D eigenvalue weighted by Gasteiger charge is 2.09. The summed E-state index contributed by atoms with van der Waals surface area (Å²) in [4.78, 5) is 6.11. The summed E-state index contributed by atoms with van der Waals surface area (Å²) >= 11 is 5.34. The van der Waals surface area contributed by atoms with E-state index in [1.807, 2.05) is 17.8 Å². The molecule has 0 amide bonds. The normalized spacial score (nSPS) is 10.4. The van der Waals surface area contributed by atoms with Gasteiger partial charge in [-0.1, -0.05) is 12.1 Å². The fourth-order valence-corrected chi connectivity index (χ4v) is 2.24. The zero-order valence-corrected chi connectivity index (χ0v) is 12.8. The molecule has 0 saturated heterocycles. The Hall–Kier alpha value is -1.95. The van der Waals surface area contributed by atoms with Crippen LogP contribution in [0.3, 0.4) is 0 Å². The second-order valence-corrected chi connectivity index (χ2v) is 5.14. The number of nitrogens with one attached hydrogen (secondary N) is 1. The molecule has 1 aromatic carbocycles. The molecule has 1 N–H and O–H groups in total. The molecule has 2 aromatic rings. The van der Waals surface area contributed by atoms with Gasteiger partial charge in [0.2, 0.25) is 0 Å². The van der Waals surface area contributed by atoms with E-state index in [1.54, 1.807) is 24.7 Å². The first-order valence-corrected chi connectivity index (χ1v) is 7.26. The van der Waals surface area contributed by atoms with E-state index in [0.717, 1.165) is 25.1 Å². The van der Waals surface area contributed by atoms with Crippen LogP contribution >= 0.6 is 12.2 Å². The molecule has 0 spiro atoms. The molecular formula is C15H19FN4S. The van der Waals surface area contributed by atoms with Gasteiger partial charge in [0.15, 0.2) is 5.11 Å². The molecule has 0 aliphatic heterocycles. The summed E-state index contributed by atoms with van der Waals surface area (Å²) in [5.74, 6) is -0.221. The lowest BCUT2D eigenvalue weighted by atomic mass is 10.2. The van der Waals surface area contributed by atoms with Gasteiger partial charge in [-0.2, -0.15) is 0 Å². The van der Waals surface area contributed by atoms with Gasteiger partial charge in [-0.15, -0.1) is 0 Å². The highest BCUT2D eigenvalue weighted by molar-refractivity contribution is 7.80. The lowest BCUT2D eigenvalue weighted by Crippen LogP contribution is -2.38. The van der Waals surface area contributed by atoms with Crippen molar-refractivity contribution >= 4 is 17.3 Å². The van der Waals surface area contributed by atoms with Crippen LogP contribution in [0.2, 0.25) is 0 Å². The predicted octanol–water partition coefficient (Wildman–Crippen LogP) is 2.42. The van der Waals surface area contributed by atoms with Gasteiger partial charge in [0.25, 0.3) is 0 Å². The first-order chi connectivity index (χ1) is 10.2. The van der Waals surface area contributed by atoms with Crippen molar-refractivity contribution in [3.05, 3.63) is 54.4 Å². The molecule has 0 radical (unpaired) electrons. The molecule has 0 fully saturated rings. The van der Waals surface area contributed by atoms with Gasteiger partial charge in [-0.3, -0.25) is 0 Å². The van der Waals surface area contributed by atoms with Gasteiger partial charge in [0.05, 0.1) is 6.33 Å². The SMILES string of the molecule is CNC(=S)N(CCCn1ccnc1)Cc1ccc(F)cc1. The number of halogens is 1. The number of nitrogens with zero attached hydrogens (tertiary/aromatic N) is 3. The van der Waals surface area contributed by atoms with E-state index in [2.05, 4.69) is 15.2 Å². The molecule has 0 unspecified atom stereocenters. The number of imidazole rings is 1. The highest BCUT2D eigenvalue weighted by atomic mass is 32.1. The number of hydrogen-bond donors (Lipinski definition) is 1. The molecule has 0 saturated carbocycles. The van der Waals surface area contributed by atoms with Gasteiger partial charge in [-0.05, 0) is 36.3 Å². The molecule has 0 bridgehead atoms. The van der Waals surface area contributed by atoms with Crippen LogP contribution in [-0.2, 0) is 13.1 Å². The Morgan fingerprint density at radius 2 is 2.14 bits per heavy atom. The first kappa shape index (κ1) is 15.4. The molecule has 1 heterocycles. The van der Waals surface area contributed by atoms with E-state index < -0.39 is 0 Å². The Bertz CT molecular complexity index is 554. The lowest BCUT2D eigenvalue weighted by Gasteiger charge is -2.25. The van der Waals surface area contributed by atoms with Crippen molar-refractivity contribution in [3.63, 3.8) is 0 Å². The molecule has 0 atom stereocenters. The largest absolute Gasteiger partial charge is 0.366 e. The van der Waals surface area contributed by atoms with Crippen LogP contribution in [0.4, 0.5) is 4.39 Å². The second-order valence-electron chi connectivity index (χ2n) is 4.76. The monoisotopic (exact) mass is 306 g/mol. The Labute approximate surface area is 129 Å². The van der Waals surface area contributed by atoms with E-state index in [1.165, 1.54) is 12.1 Å². The van der Waals surface area contributed by atoms with Crippen molar-refractivity contribution in [1.82, 2.24) is 19.8 Å². The molecule has 0 aliphatic carbocycles. The van der Waals surface area contributed by atoms with Gasteiger partial charge in [-0.25, -0.2) is 9.37 Å². The van der Waals surface area contributed by atoms with Gasteiger partial charge >= 0.3 is 0 Å². The molecule has 0 aliphatic rings. The molecule has 4 nitrogen and oxygen atoms in total. The van der Waals surface area contributed by atoms with Crippen molar-refractivity contribution in [3.8, 4) is 0 Å². The summed E-state index contributed by atoms with van der Waals surface area (Å²) in [6.45, 7) is 2.39. The Balaban J connectivity index is 1.91. The molecular weight excluding hydrogens is 287 g/mol. The van der Waals surface area contributed by atoms with E-state index >= 15 is 0 Å². The van der Waals surface area contributed by atoms with Crippen LogP contribution in [-0.4, -0.2) is 33.2 Å². The van der Waals surface area contributed by atoms with Crippen LogP contribution in [0.25, 0.3) is 0 Å². The zero-order chi connectivity index (χ0) is 15.1. The molecule has 6 heteroatoms. The van der Waals surface area contributed by atoms with Crippen molar-refractivity contribution in [2.24, 2.45) is 0 Å². The summed E-state index contributed by atoms with van der Waals surface area (Å²) in [5.41, 5.74) is 1.04. The van der Waals surface area contributed by atoms with Crippen molar-refractivity contribution in [2.75, 3.05) is 13.6 Å². The van der Waals surface area contributed by atoms with Crippen LogP contribution < -0.4 is 5.32 Å². The topological polar surface area (TPSA) is 33.1 Å². The maximum Gasteiger partial charge on any atom is 0.168 e. The van der Waals surface area contributed by atoms with Gasteiger partial charge in [0.1, 0.15) is 5.82 Å². The van der Waals surface area contributed by atoms with Crippen LogP contribution in [0.5, 0.6) is 0 Å². The molecule has 2 rings (SSSR count). The third-order valence-corrected chi connectivity index (χ3v) is 3.65. The number of thiocarbonyl (C=S) groups is 1. The summed E-state index contributed by atoms with van der Waals surface area (Å²) in [6.07, 6.45) is 6.48. The predicted molar refractivity (Wildman–Crippen MR) is 85.3 cm³/mol. The summed E-state index contributed by atoms with van der Waals surface area (Å²) in [7, 11) is 1.82. The number of aromatic nitrogens is 2. The number of rotatable bonds is 6. The molecule has 112 valence electrons. The smallest absolute Gasteiger partial charge is 0.168 e. The average molecular weight is 306 g/mol. The Morgan fingerprint density at radius 3 is 2.76 bits per heavy atom. The fourth-order valence-electron chi connectivity index (χ4n) is 2.08. The lowest BCUT2D eigenvalue weighted by molar-refractivity contribution is 0.387. The minimum absolute atomic E-state index is 0.221. The zero-order valence-electron chi connectivity index (χ0n) is 12.0. The quantitative estimate of drug-likeness (QED) is 0.831. The fraction of sp³-hybridized carbons (Fsp3) is 0.333. The molecule has 21 heavy (non-hydrogen) atoms. The van der Waals surface area contributed by atoms with Crippen molar-refractivity contribution < 1.29 is 4.39 Å². The van der Waals surface area contributed by atoms with Crippen LogP contribution in [0, 0.1) is 5.82 Å². The average Bonchev–Trinajstić information content (AvgIpc) is 3.01. The van der Waals surface area contributed by atoms with E-state index in [-0.39, 0.29) is 5.82 Å². The van der Waals surface area contributed by atoms with Gasteiger partial charge < -0.3 is 14.8 Å². The van der Waals surface area contributed by atoms with Crippen LogP contribution in [0.15, 0.2) is 43.0 Å². The van der Waals surface area contributed by atoms with E-state index in [0.29, 0.717) is 11.7 Å². The first-order valence-electron chi connectivity index (χ1n) is 6.86. The Kier molecular flexibility index (Phi) is 5.68. The summed E-state index contributed by atoms with van der Waals surface area (Å²) in [6, 6.07) is 6.52. The number of hydrogen-bond acceptors (Lipinski definition) is 2. The van der Waals surface area contributed by atoms with Crippen LogP contribution in [0.1, 0.15) is 12.0 Å². The summed E-state index contributed by atoms with van der Waals surface area (Å²) < 4.78 is 15.0. The third-order valence-electron chi connectivity index (χ3n) is 3.19. The minimum Gasteiger partial charge on any atom is -0.366 e. The maximum atomic E-state index is 12.9. The third kappa shape index (κ3) is 4.82. The van der Waals surface area contributed by atoms with Gasteiger partial charge in [0, 0.05) is 39.1 Å². The van der Waals surface area contributed by atoms with E-state index in [4.69, 9.17) is 12.2 Å². The molecule has 1 aromatic heterocycles. The van der Waals surface area contributed by atoms with Crippen molar-refractivity contribution in [2.45, 2.75) is 19.5 Å². The summed E-state index contributed by atoms with van der Waals surface area (Å²) in [5, 5.41) is 3.70. The van der Waals surface area contributed by atoms with E-state index in [9.17, 15) is 4.39 Å². The highest BCUT2D eigenvalue weighted by Crippen LogP contribution is 2.08. The number of benzene rings is 1. The second kappa shape index (κ2) is 7.73. The maximum absolute atomic E-state index is 12.9. The van der Waals surface area contributed by atoms with Crippen molar-refractivity contribution in [1.29, 1.82) is 0 Å².